The number of aromatic amines is 2. The number of nitrogens with zero attached hydrogens (tertiary/aromatic N) is 2. The molecule has 10 aromatic carbocycles. The number of ether oxygens (including phenoxy) is 4. The van der Waals surface area contributed by atoms with Gasteiger partial charge in [-0.15, -0.1) is 0 Å². The minimum Gasteiger partial charge on any atom is -0.870 e. The van der Waals surface area contributed by atoms with Gasteiger partial charge < -0.3 is 77.3 Å². The van der Waals surface area contributed by atoms with E-state index in [-0.39, 0.29) is 87.7 Å². The second-order valence-electron chi connectivity index (χ2n) is 22.7. The number of rotatable bonds is 16. The van der Waals surface area contributed by atoms with Crippen LogP contribution < -0.4 is 51.6 Å². The first kappa shape index (κ1) is 97.2. The van der Waals surface area contributed by atoms with E-state index in [1.165, 1.54) is 62.8 Å². The van der Waals surface area contributed by atoms with Crippen molar-refractivity contribution in [2.75, 3.05) is 61.2 Å². The molecule has 0 unspecified atom stereocenters. The van der Waals surface area contributed by atoms with Crippen molar-refractivity contribution in [3.05, 3.63) is 327 Å². The molecule has 0 atom stereocenters. The number of carbonyl (C=O) groups is 10. The van der Waals surface area contributed by atoms with Gasteiger partial charge in [0.25, 0.3) is 35.0 Å². The summed E-state index contributed by atoms with van der Waals surface area (Å²) in [6.07, 6.45) is 0. The van der Waals surface area contributed by atoms with Gasteiger partial charge in [-0.05, 0) is 182 Å². The number of fused-ring (bicyclic) bond motifs is 2. The van der Waals surface area contributed by atoms with E-state index in [1.807, 2.05) is 48.5 Å². The number of anilines is 6. The Morgan fingerprint density at radius 1 is 0.407 bits per heavy atom. The molecule has 608 valence electrons. The summed E-state index contributed by atoms with van der Waals surface area (Å²) in [5.41, 5.74) is 15.1. The number of carboxylic acid groups (broad SMARTS) is 2. The molecule has 0 bridgehead atoms. The molecule has 12 aromatic rings. The molecular weight excluding hydrogens is 1680 g/mol. The number of nitro benzene ring substituents is 2. The predicted molar refractivity (Wildman–Crippen MR) is 445 cm³/mol. The number of hydrogen-bond acceptors (Lipinski definition) is 22. The molecule has 0 radical (unpaired) electrons. The van der Waals surface area contributed by atoms with Gasteiger partial charge in [0.05, 0.1) is 77.4 Å². The Morgan fingerprint density at radius 3 is 1.08 bits per heavy atom. The third-order valence-corrected chi connectivity index (χ3v) is 16.1. The third kappa shape index (κ3) is 29.9. The van der Waals surface area contributed by atoms with Crippen LogP contribution in [0.1, 0.15) is 105 Å². The second kappa shape index (κ2) is 47.6. The standard InChI is InChI=1S/C24H18ClN3O4.C15H11ClN2O5.C15H13ClN2O3.C9H7NO6.C9H7NO2.C6H6ClN.Cl2OS.Li.H2O.H2/c1-32-24(31)15-6-11-18(22(29)26-17-9-7-16(25)8-10-17)20(13-15)28-23(30)21-12-14-4-2-3-5-19(14)27-21;1-23-15(20)9-2-7-12(13(8-9)18(21)22)14(19)17-11-5-3-10(16)4-6-11;1-21-15(20)9-2-7-12(13(17)8-9)14(19)18-11-5-3-10(16)4-6-11;1-16-9(13)5-2-3-6(8(11)12)7(4-5)10(14)15;11-9(12)8-5-6-3-1-2-4-7(6)10-8;7-5-1-3-6(8)4-2-5;1-4(2)3;;;/h2-13,27H,1H3,(H,26,29)(H,28,30);2-8H,1H3,(H,17,19);2-8H,17H2,1H3,(H,18,19);2-4H,1H3,(H,11,12);1-5,10H,(H,11,12);1-4H,8H2;;;1H2;1H/q;;;;;;;+1;;/p-1. The average molecular weight is 1750 g/mol. The molecule has 4 amide bonds. The van der Waals surface area contributed by atoms with E-state index in [0.29, 0.717) is 37.8 Å². The molecule has 2 aromatic heterocycles. The van der Waals surface area contributed by atoms with Gasteiger partial charge in [0.2, 0.25) is 9.23 Å². The van der Waals surface area contributed by atoms with Gasteiger partial charge in [-0.1, -0.05) is 82.8 Å². The maximum atomic E-state index is 12.9. The van der Waals surface area contributed by atoms with Crippen LogP contribution in [-0.2, 0) is 28.2 Å². The Kier molecular flexibility index (Phi) is 39.2. The fraction of sp³-hybridized carbons (Fsp3) is 0.0513. The van der Waals surface area contributed by atoms with Crippen LogP contribution in [0.15, 0.2) is 231 Å². The SMILES string of the molecule is COC(=O)c1ccc(C(=O)Nc2ccc(Cl)cc2)c(N)c1.COC(=O)c1ccc(C(=O)Nc2ccc(Cl)cc2)c(NC(=O)c2cc3ccccc3[nH]2)c1.COC(=O)c1ccc(C(=O)Nc2ccc(Cl)cc2)c([N+](=O)[O-])c1.COC(=O)c1ccc(C(=O)O)c([N+](=O)[O-])c1.Nc1ccc(Cl)cc1.O=C(O)c1cc2ccccc2[nH]1.O=S(Cl)Cl.[HH].[Li+].[OH-]. The van der Waals surface area contributed by atoms with E-state index in [1.54, 1.807) is 109 Å². The van der Waals surface area contributed by atoms with Crippen LogP contribution in [0.5, 0.6) is 0 Å². The second-order valence-corrected chi connectivity index (χ2v) is 27.0. The average Bonchev–Trinajstić information content (AvgIpc) is 1.31. The first-order valence-corrected chi connectivity index (χ1v) is 36.8. The van der Waals surface area contributed by atoms with Crippen LogP contribution in [0.3, 0.4) is 0 Å². The summed E-state index contributed by atoms with van der Waals surface area (Å²) in [6, 6.07) is 60.1. The van der Waals surface area contributed by atoms with E-state index in [4.69, 9.17) is 77.0 Å². The van der Waals surface area contributed by atoms with Gasteiger partial charge in [-0.25, -0.2) is 33.0 Å². The first-order chi connectivity index (χ1) is 55.1. The van der Waals surface area contributed by atoms with Crippen LogP contribution >= 0.6 is 67.8 Å². The number of nitrogens with one attached hydrogen (secondary N) is 6. The van der Waals surface area contributed by atoms with Crippen LogP contribution in [0.2, 0.25) is 20.1 Å². The van der Waals surface area contributed by atoms with Crippen molar-refractivity contribution in [2.45, 2.75) is 0 Å². The smallest absolute Gasteiger partial charge is 0.870 e. The summed E-state index contributed by atoms with van der Waals surface area (Å²) < 4.78 is 27.3. The number of hydrogen-bond donors (Lipinski definition) is 10. The third-order valence-electron chi connectivity index (χ3n) is 15.1. The van der Waals surface area contributed by atoms with Gasteiger partial charge >= 0.3 is 54.7 Å². The molecule has 0 aliphatic carbocycles. The van der Waals surface area contributed by atoms with E-state index in [0.717, 1.165) is 71.0 Å². The molecule has 32 nitrogen and oxygen atoms in total. The van der Waals surface area contributed by atoms with Gasteiger partial charge in [0, 0.05) is 105 Å². The number of amides is 4. The normalized spacial score (nSPS) is 9.86. The van der Waals surface area contributed by atoms with E-state index in [2.05, 4.69) is 66.8 Å². The van der Waals surface area contributed by atoms with Gasteiger partial charge in [0.15, 0.2) is 0 Å². The van der Waals surface area contributed by atoms with Crippen LogP contribution in [0, 0.1) is 20.2 Å². The van der Waals surface area contributed by atoms with Crippen LogP contribution in [0.25, 0.3) is 21.8 Å². The zero-order valence-corrected chi connectivity index (χ0v) is 67.1. The molecular formula is C78H65Cl6LiN10O22S. The molecule has 0 fully saturated rings. The number of para-hydroxylation sites is 2. The number of aromatic carboxylic acids is 2. The number of esters is 4. The summed E-state index contributed by atoms with van der Waals surface area (Å²) in [5.74, 6) is -6.89. The minimum absolute atomic E-state index is 0. The summed E-state index contributed by atoms with van der Waals surface area (Å²) >= 11 is 23.0. The van der Waals surface area contributed by atoms with Crippen LogP contribution in [0.4, 0.5) is 45.5 Å². The summed E-state index contributed by atoms with van der Waals surface area (Å²) in [6.45, 7) is 0. The summed E-state index contributed by atoms with van der Waals surface area (Å²) in [7, 11) is 12.2. The number of nitrogens with two attached hydrogens (primary N) is 2. The monoisotopic (exact) mass is 1740 g/mol. The van der Waals surface area contributed by atoms with Crippen molar-refractivity contribution in [1.29, 1.82) is 0 Å². The summed E-state index contributed by atoms with van der Waals surface area (Å²) in [5, 5.41) is 53.9. The number of H-pyrrole nitrogens is 2. The maximum Gasteiger partial charge on any atom is 1.00 e. The number of benzene rings is 10. The van der Waals surface area contributed by atoms with Gasteiger partial charge in [-0.3, -0.25) is 39.4 Å². The molecule has 13 N–H and O–H groups in total. The number of nitrogen functional groups attached to an aromatic ring is 2. The van der Waals surface area contributed by atoms with Crippen molar-refractivity contribution in [3.8, 4) is 0 Å². The Labute approximate surface area is 713 Å². The number of carboxylic acids is 2. The van der Waals surface area contributed by atoms with Gasteiger partial charge in [0.1, 0.15) is 22.5 Å². The van der Waals surface area contributed by atoms with Gasteiger partial charge in [-0.2, -0.15) is 0 Å². The van der Waals surface area contributed by atoms with Crippen molar-refractivity contribution in [1.82, 2.24) is 9.97 Å². The quantitative estimate of drug-likeness (QED) is 0.00817. The maximum absolute atomic E-state index is 12.9. The van der Waals surface area contributed by atoms with Crippen molar-refractivity contribution in [3.63, 3.8) is 0 Å². The van der Waals surface area contributed by atoms with Crippen molar-refractivity contribution in [2.24, 2.45) is 0 Å². The Balaban J connectivity index is 0.000000379. The van der Waals surface area contributed by atoms with Crippen LogP contribution in [-0.4, -0.2) is 128 Å². The Bertz CT molecular complexity index is 5570. The van der Waals surface area contributed by atoms with E-state index < -0.39 is 89.5 Å². The molecule has 0 aliphatic heterocycles. The Hall–Kier alpha value is -13.2. The fourth-order valence-corrected chi connectivity index (χ4v) is 10.1. The van der Waals surface area contributed by atoms with Crippen molar-refractivity contribution < 1.29 is 117 Å². The zero-order chi connectivity index (χ0) is 85.5. The molecule has 12 rings (SSSR count). The molecule has 2 heterocycles. The zero-order valence-electron chi connectivity index (χ0n) is 61.8. The summed E-state index contributed by atoms with van der Waals surface area (Å²) in [4.78, 5) is 143. The largest absolute Gasteiger partial charge is 1.00 e. The minimum atomic E-state index is -1.67. The number of nitro groups is 2. The molecule has 0 saturated carbocycles. The number of carbonyl (C=O) groups excluding carboxylic acids is 8. The molecule has 0 aliphatic rings. The Morgan fingerprint density at radius 2 is 0.720 bits per heavy atom. The predicted octanol–water partition coefficient (Wildman–Crippen LogP) is 14.3. The van der Waals surface area contributed by atoms with E-state index >= 15 is 0 Å². The first-order valence-electron chi connectivity index (χ1n) is 32.5. The molecule has 40 heteroatoms. The number of methoxy groups -OCH3 is 4. The fourth-order valence-electron chi connectivity index (χ4n) is 9.56. The number of aromatic nitrogens is 2. The van der Waals surface area contributed by atoms with E-state index in [9.17, 15) is 68.2 Å². The topological polar surface area (TPSA) is 513 Å². The number of halogens is 6. The van der Waals surface area contributed by atoms with Crippen molar-refractivity contribution >= 4 is 204 Å². The molecule has 118 heavy (non-hydrogen) atoms. The molecule has 0 spiro atoms. The molecule has 0 saturated heterocycles.